The van der Waals surface area contributed by atoms with Crippen LogP contribution in [-0.2, 0) is 29.1 Å². The summed E-state index contributed by atoms with van der Waals surface area (Å²) in [5.41, 5.74) is 0.616. The second-order valence-electron chi connectivity index (χ2n) is 8.76. The zero-order valence-electron chi connectivity index (χ0n) is 20.4. The molecule has 36 heavy (non-hydrogen) atoms. The van der Waals surface area contributed by atoms with Crippen LogP contribution in [0.15, 0.2) is 64.2 Å². The standard InChI is InChI=1S/C26H30N6O4/c1-3-18(2)28-22(33)14-16-30-24(35)20-11-7-8-12-21(20)32-25(30)29-31(26(32)36)17-23(34)27-15-13-19-9-5-4-6-10-19/h4-12,18H,3,13-17H2,1-2H3,(H,27,34)(H,28,33)/t18-/m1/s1. The van der Waals surface area contributed by atoms with Crippen LogP contribution >= 0.6 is 0 Å². The summed E-state index contributed by atoms with van der Waals surface area (Å²) < 4.78 is 3.69. The van der Waals surface area contributed by atoms with Crippen molar-refractivity contribution in [1.82, 2.24) is 29.4 Å². The third kappa shape index (κ3) is 5.37. The topological polar surface area (TPSA) is 120 Å². The van der Waals surface area contributed by atoms with Crippen LogP contribution in [-0.4, -0.2) is 43.1 Å². The molecular formula is C26H30N6O4. The monoisotopic (exact) mass is 490 g/mol. The largest absolute Gasteiger partial charge is 0.354 e. The first-order valence-corrected chi connectivity index (χ1v) is 12.1. The summed E-state index contributed by atoms with van der Waals surface area (Å²) in [6.45, 7) is 4.06. The molecule has 1 atom stereocenters. The van der Waals surface area contributed by atoms with Gasteiger partial charge >= 0.3 is 5.69 Å². The molecule has 0 spiro atoms. The highest BCUT2D eigenvalue weighted by molar-refractivity contribution is 5.80. The van der Waals surface area contributed by atoms with Gasteiger partial charge in [0.1, 0.15) is 6.54 Å². The van der Waals surface area contributed by atoms with Gasteiger partial charge in [0.15, 0.2) is 0 Å². The molecule has 2 aromatic heterocycles. The predicted octanol–water partition coefficient (Wildman–Crippen LogP) is 1.47. The second-order valence-corrected chi connectivity index (χ2v) is 8.76. The second kappa shape index (κ2) is 11.0. The lowest BCUT2D eigenvalue weighted by atomic mass is 10.1. The quantitative estimate of drug-likeness (QED) is 0.349. The van der Waals surface area contributed by atoms with Crippen LogP contribution in [0.1, 0.15) is 32.3 Å². The van der Waals surface area contributed by atoms with Gasteiger partial charge in [-0.25, -0.2) is 13.9 Å². The van der Waals surface area contributed by atoms with Gasteiger partial charge in [-0.3, -0.25) is 19.0 Å². The van der Waals surface area contributed by atoms with Crippen molar-refractivity contribution in [2.24, 2.45) is 0 Å². The molecule has 0 aliphatic heterocycles. The summed E-state index contributed by atoms with van der Waals surface area (Å²) in [5.74, 6) is -0.457. The molecule has 0 aliphatic carbocycles. The van der Waals surface area contributed by atoms with E-state index in [0.29, 0.717) is 23.9 Å². The van der Waals surface area contributed by atoms with Crippen molar-refractivity contribution in [3.8, 4) is 0 Å². The minimum absolute atomic E-state index is 0.0214. The number of rotatable bonds is 10. The van der Waals surface area contributed by atoms with Crippen LogP contribution in [0.4, 0.5) is 0 Å². The van der Waals surface area contributed by atoms with E-state index in [1.807, 2.05) is 44.2 Å². The van der Waals surface area contributed by atoms with Crippen LogP contribution in [0, 0.1) is 0 Å². The Morgan fingerprint density at radius 1 is 1.00 bits per heavy atom. The van der Waals surface area contributed by atoms with Crippen molar-refractivity contribution < 1.29 is 9.59 Å². The Morgan fingerprint density at radius 3 is 2.47 bits per heavy atom. The Kier molecular flexibility index (Phi) is 7.62. The molecule has 2 heterocycles. The van der Waals surface area contributed by atoms with Crippen LogP contribution in [0.25, 0.3) is 16.7 Å². The number of hydrogen-bond donors (Lipinski definition) is 2. The zero-order valence-corrected chi connectivity index (χ0v) is 20.4. The van der Waals surface area contributed by atoms with Gasteiger partial charge in [0.2, 0.25) is 17.6 Å². The molecular weight excluding hydrogens is 460 g/mol. The lowest BCUT2D eigenvalue weighted by Gasteiger charge is -2.12. The highest BCUT2D eigenvalue weighted by Crippen LogP contribution is 2.11. The van der Waals surface area contributed by atoms with Crippen molar-refractivity contribution in [1.29, 1.82) is 0 Å². The van der Waals surface area contributed by atoms with Gasteiger partial charge in [0.05, 0.1) is 10.9 Å². The average molecular weight is 491 g/mol. The molecule has 0 radical (unpaired) electrons. The molecule has 4 aromatic rings. The van der Waals surface area contributed by atoms with E-state index in [4.69, 9.17) is 0 Å². The van der Waals surface area contributed by atoms with Crippen molar-refractivity contribution in [3.05, 3.63) is 81.0 Å². The van der Waals surface area contributed by atoms with Gasteiger partial charge in [0, 0.05) is 25.6 Å². The van der Waals surface area contributed by atoms with Crippen LogP contribution in [0.2, 0.25) is 0 Å². The smallest absolute Gasteiger partial charge is 0.352 e. The number of aromatic nitrogens is 4. The molecule has 0 aliphatic rings. The Hall–Kier alpha value is -4.21. The van der Waals surface area contributed by atoms with E-state index >= 15 is 0 Å². The summed E-state index contributed by atoms with van der Waals surface area (Å²) in [6.07, 6.45) is 1.51. The number of carbonyl (C=O) groups excluding carboxylic acids is 2. The number of benzene rings is 2. The Balaban J connectivity index is 1.60. The summed E-state index contributed by atoms with van der Waals surface area (Å²) in [4.78, 5) is 51.4. The third-order valence-corrected chi connectivity index (χ3v) is 6.14. The molecule has 2 aromatic carbocycles. The number of fused-ring (bicyclic) bond motifs is 3. The van der Waals surface area contributed by atoms with E-state index in [-0.39, 0.29) is 48.7 Å². The number of nitrogens with one attached hydrogen (secondary N) is 2. The molecule has 4 rings (SSSR count). The molecule has 0 saturated heterocycles. The lowest BCUT2D eigenvalue weighted by molar-refractivity contribution is -0.122. The zero-order chi connectivity index (χ0) is 25.7. The minimum atomic E-state index is -0.530. The summed E-state index contributed by atoms with van der Waals surface area (Å²) in [6, 6.07) is 16.5. The van der Waals surface area contributed by atoms with Crippen LogP contribution < -0.4 is 21.9 Å². The van der Waals surface area contributed by atoms with Gasteiger partial charge < -0.3 is 10.6 Å². The molecule has 2 amide bonds. The molecule has 188 valence electrons. The van der Waals surface area contributed by atoms with Gasteiger partial charge in [-0.1, -0.05) is 49.4 Å². The molecule has 2 N–H and O–H groups in total. The van der Waals surface area contributed by atoms with E-state index < -0.39 is 5.69 Å². The number of amides is 2. The number of carbonyl (C=O) groups is 2. The van der Waals surface area contributed by atoms with Crippen molar-refractivity contribution in [2.45, 2.75) is 52.2 Å². The number of hydrogen-bond acceptors (Lipinski definition) is 5. The van der Waals surface area contributed by atoms with Gasteiger partial charge in [-0.15, -0.1) is 5.10 Å². The Morgan fingerprint density at radius 2 is 1.72 bits per heavy atom. The molecule has 10 heteroatoms. The fraction of sp³-hybridized carbons (Fsp3) is 0.346. The van der Waals surface area contributed by atoms with Gasteiger partial charge in [-0.05, 0) is 37.5 Å². The van der Waals surface area contributed by atoms with Crippen molar-refractivity contribution in [2.75, 3.05) is 6.54 Å². The maximum absolute atomic E-state index is 13.2. The molecule has 10 nitrogen and oxygen atoms in total. The normalized spacial score (nSPS) is 12.1. The lowest BCUT2D eigenvalue weighted by Crippen LogP contribution is -2.34. The fourth-order valence-electron chi connectivity index (χ4n) is 4.02. The van der Waals surface area contributed by atoms with E-state index in [2.05, 4.69) is 15.7 Å². The van der Waals surface area contributed by atoms with E-state index in [1.54, 1.807) is 24.3 Å². The van der Waals surface area contributed by atoms with Crippen LogP contribution in [0.3, 0.4) is 0 Å². The maximum Gasteiger partial charge on any atom is 0.352 e. The van der Waals surface area contributed by atoms with E-state index in [1.165, 1.54) is 8.97 Å². The van der Waals surface area contributed by atoms with Crippen molar-refractivity contribution >= 4 is 28.5 Å². The summed E-state index contributed by atoms with van der Waals surface area (Å²) >= 11 is 0. The minimum Gasteiger partial charge on any atom is -0.354 e. The number of para-hydroxylation sites is 1. The van der Waals surface area contributed by atoms with E-state index in [9.17, 15) is 19.2 Å². The average Bonchev–Trinajstić information content (AvgIpc) is 3.20. The Bertz CT molecular complexity index is 1500. The SMILES string of the molecule is CC[C@@H](C)NC(=O)CCn1c(=O)c2ccccc2n2c(=O)n(CC(=O)NCCc3ccccc3)nc12. The van der Waals surface area contributed by atoms with Gasteiger partial charge in [0.25, 0.3) is 5.56 Å². The fourth-order valence-corrected chi connectivity index (χ4v) is 4.02. The maximum atomic E-state index is 13.2. The summed E-state index contributed by atoms with van der Waals surface area (Å²) in [7, 11) is 0. The van der Waals surface area contributed by atoms with Crippen molar-refractivity contribution in [3.63, 3.8) is 0 Å². The molecule has 0 bridgehead atoms. The molecule has 0 saturated carbocycles. The Labute approximate surface area is 207 Å². The number of aryl methyl sites for hydroxylation is 1. The van der Waals surface area contributed by atoms with Gasteiger partial charge in [-0.2, -0.15) is 0 Å². The predicted molar refractivity (Wildman–Crippen MR) is 137 cm³/mol. The summed E-state index contributed by atoms with van der Waals surface area (Å²) in [5, 5.41) is 10.3. The first kappa shape index (κ1) is 24.9. The van der Waals surface area contributed by atoms with E-state index in [0.717, 1.165) is 16.7 Å². The van der Waals surface area contributed by atoms with Crippen LogP contribution in [0.5, 0.6) is 0 Å². The molecule has 0 fully saturated rings. The first-order valence-electron chi connectivity index (χ1n) is 12.1. The number of nitrogens with zero attached hydrogens (tertiary/aromatic N) is 4. The first-order chi connectivity index (χ1) is 17.4. The molecule has 0 unspecified atom stereocenters. The highest BCUT2D eigenvalue weighted by atomic mass is 16.2. The third-order valence-electron chi connectivity index (χ3n) is 6.14. The highest BCUT2D eigenvalue weighted by Gasteiger charge is 2.19.